The average Bonchev–Trinajstić information content (AvgIpc) is 2.81. The first-order valence-corrected chi connectivity index (χ1v) is 10.8. The van der Waals surface area contributed by atoms with Gasteiger partial charge in [0.15, 0.2) is 11.6 Å². The first kappa shape index (κ1) is 18.7. The van der Waals surface area contributed by atoms with Gasteiger partial charge in [0.25, 0.3) is 0 Å². The van der Waals surface area contributed by atoms with Crippen molar-refractivity contribution in [2.45, 2.75) is 37.9 Å². The molecule has 1 fully saturated rings. The fraction of sp³-hybridized carbons (Fsp3) is 0.231. The number of carbonyl (C=O) groups excluding carboxylic acids is 2. The summed E-state index contributed by atoms with van der Waals surface area (Å²) < 4.78 is 12.8. The predicted octanol–water partition coefficient (Wildman–Crippen LogP) is 4.27. The van der Waals surface area contributed by atoms with Gasteiger partial charge in [0.1, 0.15) is 0 Å². The van der Waals surface area contributed by atoms with Gasteiger partial charge in [0.05, 0.1) is 11.7 Å². The number of fused-ring (bicyclic) bond motifs is 5. The normalized spacial score (nSPS) is 24.9. The maximum atomic E-state index is 13.6. The van der Waals surface area contributed by atoms with Gasteiger partial charge in [-0.15, -0.1) is 0 Å². The maximum Gasteiger partial charge on any atom is 0.494 e. The molecule has 0 radical (unpaired) electrons. The second-order valence-electron chi connectivity index (χ2n) is 8.70. The Kier molecular flexibility index (Phi) is 4.07. The topological polar surface area (TPSA) is 52.6 Å². The van der Waals surface area contributed by atoms with Crippen LogP contribution in [-0.4, -0.2) is 30.4 Å². The van der Waals surface area contributed by atoms with Gasteiger partial charge in [-0.1, -0.05) is 61.5 Å². The SMILES string of the molecule is CC[C@]12CC3=C(C(=O)c4cc5ccccc5cc4C3=O)[C@H](C1)OB(c1ccccc1)O2. The average molecular weight is 408 g/mol. The van der Waals surface area contributed by atoms with Crippen LogP contribution in [0.1, 0.15) is 46.9 Å². The van der Waals surface area contributed by atoms with E-state index in [1.165, 1.54) is 0 Å². The van der Waals surface area contributed by atoms with Crippen molar-refractivity contribution < 1.29 is 18.9 Å². The zero-order valence-corrected chi connectivity index (χ0v) is 17.3. The van der Waals surface area contributed by atoms with Crippen LogP contribution < -0.4 is 5.46 Å². The summed E-state index contributed by atoms with van der Waals surface area (Å²) in [6.45, 7) is 2.08. The zero-order chi connectivity index (χ0) is 21.2. The van der Waals surface area contributed by atoms with Crippen molar-refractivity contribution in [2.75, 3.05) is 0 Å². The number of hydrogen-bond acceptors (Lipinski definition) is 4. The second-order valence-corrected chi connectivity index (χ2v) is 8.70. The summed E-state index contributed by atoms with van der Waals surface area (Å²) in [7, 11) is -0.546. The molecule has 0 unspecified atom stereocenters. The number of benzene rings is 3. The molecule has 5 heteroatoms. The van der Waals surface area contributed by atoms with Gasteiger partial charge >= 0.3 is 7.12 Å². The van der Waals surface area contributed by atoms with Crippen molar-refractivity contribution in [1.29, 1.82) is 0 Å². The molecular formula is C26H21BO4. The molecule has 0 N–H and O–H groups in total. The molecule has 1 aliphatic heterocycles. The van der Waals surface area contributed by atoms with Gasteiger partial charge in [-0.3, -0.25) is 9.59 Å². The molecule has 3 aromatic carbocycles. The summed E-state index contributed by atoms with van der Waals surface area (Å²) in [5.74, 6) is -0.151. The van der Waals surface area contributed by atoms with Crippen LogP contribution in [0.15, 0.2) is 77.9 Å². The molecule has 152 valence electrons. The van der Waals surface area contributed by atoms with Crippen LogP contribution in [0.2, 0.25) is 0 Å². The molecule has 0 saturated carbocycles. The molecule has 1 heterocycles. The van der Waals surface area contributed by atoms with E-state index in [0.717, 1.165) is 22.7 Å². The molecule has 0 spiro atoms. The highest BCUT2D eigenvalue weighted by Crippen LogP contribution is 2.47. The molecule has 3 aromatic rings. The number of rotatable bonds is 2. The molecule has 6 rings (SSSR count). The van der Waals surface area contributed by atoms with Crippen LogP contribution in [0.3, 0.4) is 0 Å². The molecule has 4 nitrogen and oxygen atoms in total. The minimum absolute atomic E-state index is 0.0664. The third kappa shape index (κ3) is 2.77. The highest BCUT2D eigenvalue weighted by molar-refractivity contribution is 6.61. The Morgan fingerprint density at radius 3 is 2.26 bits per heavy atom. The first-order chi connectivity index (χ1) is 15.1. The van der Waals surface area contributed by atoms with E-state index < -0.39 is 18.8 Å². The third-order valence-electron chi connectivity index (χ3n) is 6.96. The largest absolute Gasteiger partial charge is 0.494 e. The van der Waals surface area contributed by atoms with Gasteiger partial charge in [0.2, 0.25) is 0 Å². The molecular weight excluding hydrogens is 387 g/mol. The Bertz CT molecular complexity index is 1280. The lowest BCUT2D eigenvalue weighted by Gasteiger charge is -2.49. The second kappa shape index (κ2) is 6.74. The van der Waals surface area contributed by atoms with Gasteiger partial charge in [-0.2, -0.15) is 0 Å². The Hall–Kier alpha value is -3.02. The van der Waals surface area contributed by atoms with E-state index in [-0.39, 0.29) is 11.6 Å². The summed E-state index contributed by atoms with van der Waals surface area (Å²) in [4.78, 5) is 27.2. The van der Waals surface area contributed by atoms with Crippen molar-refractivity contribution >= 4 is 34.9 Å². The van der Waals surface area contributed by atoms with Crippen molar-refractivity contribution in [3.63, 3.8) is 0 Å². The molecule has 3 aliphatic rings. The van der Waals surface area contributed by atoms with Crippen molar-refractivity contribution in [2.24, 2.45) is 0 Å². The molecule has 0 amide bonds. The molecule has 2 aliphatic carbocycles. The lowest BCUT2D eigenvalue weighted by atomic mass is 9.65. The zero-order valence-electron chi connectivity index (χ0n) is 17.3. The lowest BCUT2D eigenvalue weighted by Crippen LogP contribution is -2.58. The van der Waals surface area contributed by atoms with Gasteiger partial charge in [0, 0.05) is 35.1 Å². The number of carbonyl (C=O) groups is 2. The fourth-order valence-corrected chi connectivity index (χ4v) is 5.25. The van der Waals surface area contributed by atoms with Crippen molar-refractivity contribution in [3.8, 4) is 0 Å². The lowest BCUT2D eigenvalue weighted by molar-refractivity contribution is -0.0520. The van der Waals surface area contributed by atoms with Gasteiger partial charge < -0.3 is 9.31 Å². The van der Waals surface area contributed by atoms with E-state index in [1.807, 2.05) is 66.7 Å². The Morgan fingerprint density at radius 2 is 1.58 bits per heavy atom. The molecule has 0 aromatic heterocycles. The van der Waals surface area contributed by atoms with Crippen LogP contribution in [0, 0.1) is 0 Å². The van der Waals surface area contributed by atoms with Crippen LogP contribution in [0.5, 0.6) is 0 Å². The summed E-state index contributed by atoms with van der Waals surface area (Å²) in [6.07, 6.45) is 1.34. The summed E-state index contributed by atoms with van der Waals surface area (Å²) in [5.41, 5.74) is 2.49. The van der Waals surface area contributed by atoms with E-state index in [0.29, 0.717) is 35.1 Å². The van der Waals surface area contributed by atoms with Crippen LogP contribution in [0.4, 0.5) is 0 Å². The van der Waals surface area contributed by atoms with Crippen molar-refractivity contribution in [1.82, 2.24) is 0 Å². The standard InChI is InChI=1S/C26H21BO4/c1-2-26-14-21-23(22(15-26)30-27(31-26)18-10-4-3-5-11-18)25(29)20-13-17-9-7-6-8-16(17)12-19(20)24(21)28/h3-13,22H,2,14-15H2,1H3/t22-,26-/m0/s1. The summed E-state index contributed by atoms with van der Waals surface area (Å²) >= 11 is 0. The monoisotopic (exact) mass is 408 g/mol. The summed E-state index contributed by atoms with van der Waals surface area (Å²) in [5, 5.41) is 1.92. The first-order valence-electron chi connectivity index (χ1n) is 10.8. The minimum Gasteiger partial charge on any atom is -0.401 e. The fourth-order valence-electron chi connectivity index (χ4n) is 5.25. The number of hydrogen-bond donors (Lipinski definition) is 0. The number of ketones is 2. The van der Waals surface area contributed by atoms with E-state index in [1.54, 1.807) is 0 Å². The molecule has 31 heavy (non-hydrogen) atoms. The highest BCUT2D eigenvalue weighted by Gasteiger charge is 2.53. The number of Topliss-reactive ketones (excluding diaryl/α,β-unsaturated/α-hetero) is 2. The van der Waals surface area contributed by atoms with Crippen LogP contribution >= 0.6 is 0 Å². The Morgan fingerprint density at radius 1 is 0.935 bits per heavy atom. The van der Waals surface area contributed by atoms with Crippen LogP contribution in [0.25, 0.3) is 10.8 Å². The Balaban J connectivity index is 1.48. The van der Waals surface area contributed by atoms with Gasteiger partial charge in [-0.25, -0.2) is 0 Å². The third-order valence-corrected chi connectivity index (χ3v) is 6.96. The van der Waals surface area contributed by atoms with E-state index in [4.69, 9.17) is 9.31 Å². The Labute approximate surface area is 181 Å². The molecule has 1 saturated heterocycles. The van der Waals surface area contributed by atoms with E-state index >= 15 is 0 Å². The van der Waals surface area contributed by atoms with Crippen molar-refractivity contribution in [3.05, 3.63) is 89.0 Å². The van der Waals surface area contributed by atoms with E-state index in [9.17, 15) is 9.59 Å². The van der Waals surface area contributed by atoms with Gasteiger partial charge in [-0.05, 0) is 34.8 Å². The van der Waals surface area contributed by atoms with Crippen LogP contribution in [-0.2, 0) is 9.31 Å². The maximum absolute atomic E-state index is 13.6. The van der Waals surface area contributed by atoms with E-state index in [2.05, 4.69) is 6.92 Å². The predicted molar refractivity (Wildman–Crippen MR) is 120 cm³/mol. The molecule has 2 atom stereocenters. The smallest absolute Gasteiger partial charge is 0.401 e. The quantitative estimate of drug-likeness (QED) is 0.595. The minimum atomic E-state index is -0.546. The highest BCUT2D eigenvalue weighted by atomic mass is 16.6. The summed E-state index contributed by atoms with van der Waals surface area (Å²) in [6, 6.07) is 21.3. The molecule has 2 bridgehead atoms.